The molecule has 9 heteroatoms. The van der Waals surface area contributed by atoms with Crippen LogP contribution in [0.2, 0.25) is 5.02 Å². The van der Waals surface area contributed by atoms with E-state index < -0.39 is 5.41 Å². The number of carbonyl (C=O) groups excluding carboxylic acids is 2. The van der Waals surface area contributed by atoms with Crippen LogP contribution in [-0.2, 0) is 16.1 Å². The van der Waals surface area contributed by atoms with Crippen LogP contribution in [0, 0.1) is 5.41 Å². The Hall–Kier alpha value is -2.58. The first-order valence-electron chi connectivity index (χ1n) is 11.5. The zero-order valence-electron chi connectivity index (χ0n) is 19.2. The van der Waals surface area contributed by atoms with Crippen LogP contribution in [0.15, 0.2) is 42.7 Å². The van der Waals surface area contributed by atoms with Gasteiger partial charge in [0.05, 0.1) is 6.61 Å². The van der Waals surface area contributed by atoms with Crippen molar-refractivity contribution in [3.05, 3.63) is 47.7 Å². The molecule has 2 aliphatic rings. The van der Waals surface area contributed by atoms with Gasteiger partial charge in [-0.1, -0.05) is 17.7 Å². The largest absolute Gasteiger partial charge is 0.493 e. The van der Waals surface area contributed by atoms with Crippen molar-refractivity contribution in [2.45, 2.75) is 25.8 Å². The smallest absolute Gasteiger partial charge is 0.244 e. The lowest BCUT2D eigenvalue weighted by atomic mass is 9.77. The van der Waals surface area contributed by atoms with Crippen LogP contribution in [0.3, 0.4) is 0 Å². The molecule has 4 rings (SSSR count). The number of halogens is 1. The normalized spacial score (nSPS) is 21.8. The Morgan fingerprint density at radius 2 is 1.91 bits per heavy atom. The van der Waals surface area contributed by atoms with Gasteiger partial charge in [0.1, 0.15) is 12.3 Å². The van der Waals surface area contributed by atoms with Gasteiger partial charge in [0, 0.05) is 68.5 Å². The summed E-state index contributed by atoms with van der Waals surface area (Å²) >= 11 is 6.13. The minimum absolute atomic E-state index is 0.0116. The SMILES string of the molecule is CN1CCN(C(=O)CC2(COc3cccc(Cl)c3)CCCN(C(=O)Cn3cccn3)C2)CC1. The third-order valence-corrected chi connectivity index (χ3v) is 6.83. The maximum Gasteiger partial charge on any atom is 0.244 e. The highest BCUT2D eigenvalue weighted by molar-refractivity contribution is 6.30. The minimum atomic E-state index is -0.444. The van der Waals surface area contributed by atoms with E-state index in [-0.39, 0.29) is 18.4 Å². The second kappa shape index (κ2) is 10.6. The molecule has 1 aromatic carbocycles. The van der Waals surface area contributed by atoms with E-state index >= 15 is 0 Å². The second-order valence-electron chi connectivity index (χ2n) is 9.23. The summed E-state index contributed by atoms with van der Waals surface area (Å²) in [5.74, 6) is 0.825. The minimum Gasteiger partial charge on any atom is -0.493 e. The summed E-state index contributed by atoms with van der Waals surface area (Å²) in [6.07, 6.45) is 5.48. The average Bonchev–Trinajstić information content (AvgIpc) is 3.31. The summed E-state index contributed by atoms with van der Waals surface area (Å²) < 4.78 is 7.79. The number of likely N-dealkylation sites (N-methyl/N-ethyl adjacent to an activating group) is 1. The third kappa shape index (κ3) is 6.26. The molecule has 1 atom stereocenters. The molecule has 3 heterocycles. The molecule has 1 unspecified atom stereocenters. The maximum atomic E-state index is 13.3. The number of rotatable bonds is 7. The van der Waals surface area contributed by atoms with E-state index in [4.69, 9.17) is 16.3 Å². The molecule has 2 saturated heterocycles. The van der Waals surface area contributed by atoms with Crippen LogP contribution in [0.5, 0.6) is 5.75 Å². The molecule has 0 bridgehead atoms. The lowest BCUT2D eigenvalue weighted by Crippen LogP contribution is -2.53. The summed E-state index contributed by atoms with van der Waals surface area (Å²) in [4.78, 5) is 32.3. The van der Waals surface area contributed by atoms with Crippen molar-refractivity contribution >= 4 is 23.4 Å². The van der Waals surface area contributed by atoms with Gasteiger partial charge in [0.15, 0.2) is 0 Å². The van der Waals surface area contributed by atoms with Crippen molar-refractivity contribution < 1.29 is 14.3 Å². The molecule has 0 radical (unpaired) electrons. The van der Waals surface area contributed by atoms with Crippen LogP contribution < -0.4 is 4.74 Å². The van der Waals surface area contributed by atoms with E-state index in [2.05, 4.69) is 17.0 Å². The number of aromatic nitrogens is 2. The first-order chi connectivity index (χ1) is 15.9. The molecule has 178 valence electrons. The highest BCUT2D eigenvalue weighted by Gasteiger charge is 2.41. The van der Waals surface area contributed by atoms with Crippen LogP contribution in [0.25, 0.3) is 0 Å². The standard InChI is InChI=1S/C24H32ClN5O3/c1-27-11-13-28(14-12-27)22(31)16-24(19-33-21-6-2-5-20(25)15-21)7-3-9-29(18-24)23(32)17-30-10-4-8-26-30/h2,4-6,8,10,15H,3,7,9,11-14,16-19H2,1H3. The Morgan fingerprint density at radius 3 is 2.64 bits per heavy atom. The fraction of sp³-hybridized carbons (Fsp3) is 0.542. The van der Waals surface area contributed by atoms with Gasteiger partial charge in [-0.2, -0.15) is 5.10 Å². The number of carbonyl (C=O) groups is 2. The number of amides is 2. The van der Waals surface area contributed by atoms with Crippen molar-refractivity contribution in [2.24, 2.45) is 5.41 Å². The summed E-state index contributed by atoms with van der Waals surface area (Å²) in [5.41, 5.74) is -0.444. The van der Waals surface area contributed by atoms with Crippen molar-refractivity contribution in [3.63, 3.8) is 0 Å². The van der Waals surface area contributed by atoms with Gasteiger partial charge in [0.2, 0.25) is 11.8 Å². The van der Waals surface area contributed by atoms with E-state index in [1.165, 1.54) is 0 Å². The highest BCUT2D eigenvalue weighted by Crippen LogP contribution is 2.36. The zero-order chi connectivity index (χ0) is 23.3. The Balaban J connectivity index is 1.48. The number of ether oxygens (including phenoxy) is 1. The maximum absolute atomic E-state index is 13.3. The molecule has 2 fully saturated rings. The molecule has 2 aliphatic heterocycles. The number of hydrogen-bond donors (Lipinski definition) is 0. The quantitative estimate of drug-likeness (QED) is 0.617. The Bertz CT molecular complexity index is 945. The molecule has 1 aromatic heterocycles. The van der Waals surface area contributed by atoms with Crippen LogP contribution >= 0.6 is 11.6 Å². The van der Waals surface area contributed by atoms with Gasteiger partial charge in [-0.25, -0.2) is 0 Å². The number of likely N-dealkylation sites (tertiary alicyclic amines) is 1. The van der Waals surface area contributed by atoms with Crippen molar-refractivity contribution in [3.8, 4) is 5.75 Å². The third-order valence-electron chi connectivity index (χ3n) is 6.59. The van der Waals surface area contributed by atoms with E-state index in [0.717, 1.165) is 39.0 Å². The fourth-order valence-electron chi connectivity index (χ4n) is 4.65. The average molecular weight is 474 g/mol. The number of piperidine rings is 1. The molecule has 0 saturated carbocycles. The number of piperazine rings is 1. The van der Waals surface area contributed by atoms with Crippen molar-refractivity contribution in [2.75, 3.05) is 52.9 Å². The molecule has 0 spiro atoms. The van der Waals surface area contributed by atoms with Crippen LogP contribution in [0.4, 0.5) is 0 Å². The Labute approximate surface area is 200 Å². The second-order valence-corrected chi connectivity index (χ2v) is 9.67. The molecule has 2 amide bonds. The molecular formula is C24H32ClN5O3. The molecule has 0 N–H and O–H groups in total. The topological polar surface area (TPSA) is 70.9 Å². The van der Waals surface area contributed by atoms with Crippen LogP contribution in [-0.4, -0.2) is 89.2 Å². The summed E-state index contributed by atoms with van der Waals surface area (Å²) in [6, 6.07) is 9.10. The number of nitrogens with zero attached hydrogens (tertiary/aromatic N) is 5. The van der Waals surface area contributed by atoms with E-state index in [9.17, 15) is 9.59 Å². The monoisotopic (exact) mass is 473 g/mol. The van der Waals surface area contributed by atoms with E-state index in [0.29, 0.717) is 36.9 Å². The zero-order valence-corrected chi connectivity index (χ0v) is 19.9. The lowest BCUT2D eigenvalue weighted by molar-refractivity contribution is -0.142. The molecule has 8 nitrogen and oxygen atoms in total. The van der Waals surface area contributed by atoms with Crippen molar-refractivity contribution in [1.29, 1.82) is 0 Å². The van der Waals surface area contributed by atoms with Gasteiger partial charge in [0.25, 0.3) is 0 Å². The van der Waals surface area contributed by atoms with Crippen LogP contribution in [0.1, 0.15) is 19.3 Å². The molecule has 2 aromatic rings. The first kappa shape index (κ1) is 23.6. The fourth-order valence-corrected chi connectivity index (χ4v) is 4.83. The highest BCUT2D eigenvalue weighted by atomic mass is 35.5. The van der Waals surface area contributed by atoms with Gasteiger partial charge in [-0.15, -0.1) is 0 Å². The van der Waals surface area contributed by atoms with Gasteiger partial charge < -0.3 is 19.4 Å². The number of benzene rings is 1. The van der Waals surface area contributed by atoms with Gasteiger partial charge in [-0.3, -0.25) is 14.3 Å². The predicted octanol–water partition coefficient (Wildman–Crippen LogP) is 2.39. The van der Waals surface area contributed by atoms with Crippen molar-refractivity contribution in [1.82, 2.24) is 24.5 Å². The Morgan fingerprint density at radius 1 is 1.09 bits per heavy atom. The molecular weight excluding hydrogens is 442 g/mol. The summed E-state index contributed by atoms with van der Waals surface area (Å²) in [6.45, 7) is 4.97. The predicted molar refractivity (Wildman–Crippen MR) is 126 cm³/mol. The lowest BCUT2D eigenvalue weighted by Gasteiger charge is -2.43. The van der Waals surface area contributed by atoms with E-state index in [1.54, 1.807) is 35.3 Å². The van der Waals surface area contributed by atoms with Gasteiger partial charge in [-0.05, 0) is 44.2 Å². The Kier molecular flexibility index (Phi) is 7.55. The summed E-state index contributed by atoms with van der Waals surface area (Å²) in [7, 11) is 2.08. The van der Waals surface area contributed by atoms with Gasteiger partial charge >= 0.3 is 0 Å². The number of hydrogen-bond acceptors (Lipinski definition) is 5. The molecule has 0 aliphatic carbocycles. The summed E-state index contributed by atoms with van der Waals surface area (Å²) in [5, 5.41) is 4.76. The van der Waals surface area contributed by atoms with E-state index in [1.807, 2.05) is 21.9 Å². The molecule has 33 heavy (non-hydrogen) atoms. The first-order valence-corrected chi connectivity index (χ1v) is 11.9.